The van der Waals surface area contributed by atoms with Gasteiger partial charge in [0.2, 0.25) is 41.4 Å². The van der Waals surface area contributed by atoms with Crippen LogP contribution in [-0.2, 0) is 33.6 Å². The van der Waals surface area contributed by atoms with E-state index in [-0.39, 0.29) is 100 Å². The average Bonchev–Trinajstić information content (AvgIpc) is 3.47. The van der Waals surface area contributed by atoms with Gasteiger partial charge in [-0.05, 0) is 64.2 Å². The Hall–Kier alpha value is -5.90. The van der Waals surface area contributed by atoms with Crippen LogP contribution in [0.4, 0.5) is 0 Å². The first-order valence-electron chi connectivity index (χ1n) is 32.2. The number of hydrogen-bond acceptors (Lipinski definition) is 10. The van der Waals surface area contributed by atoms with Gasteiger partial charge < -0.3 is 71.6 Å². The van der Waals surface area contributed by atoms with E-state index < -0.39 is 41.8 Å². The molecular formula is C60H118N16O7. The highest BCUT2D eigenvalue weighted by Gasteiger charge is 2.29. The molecule has 0 saturated heterocycles. The van der Waals surface area contributed by atoms with Gasteiger partial charge in [0, 0.05) is 71.5 Å². The van der Waals surface area contributed by atoms with E-state index in [1.807, 2.05) is 0 Å². The van der Waals surface area contributed by atoms with Crippen LogP contribution in [-0.4, -0.2) is 128 Å². The molecule has 0 aromatic heterocycles. The van der Waals surface area contributed by atoms with E-state index in [1.54, 1.807) is 4.90 Å². The molecule has 3 atom stereocenters. The fraction of sp³-hybridized carbons (Fsp3) is 0.833. The second-order valence-corrected chi connectivity index (χ2v) is 22.3. The molecule has 0 radical (unpaired) electrons. The smallest absolute Gasteiger partial charge is 0.243 e. The van der Waals surface area contributed by atoms with E-state index in [0.717, 1.165) is 38.5 Å². The Balaban J connectivity index is 5.68. The fourth-order valence-electron chi connectivity index (χ4n) is 9.66. The van der Waals surface area contributed by atoms with E-state index in [1.165, 1.54) is 128 Å². The molecule has 0 saturated carbocycles. The second-order valence-electron chi connectivity index (χ2n) is 22.3. The lowest BCUT2D eigenvalue weighted by Gasteiger charge is -2.25. The van der Waals surface area contributed by atoms with Crippen LogP contribution in [0.1, 0.15) is 258 Å². The zero-order chi connectivity index (χ0) is 61.6. The summed E-state index contributed by atoms with van der Waals surface area (Å²) in [5.74, 6) is -3.61. The van der Waals surface area contributed by atoms with Crippen LogP contribution in [0.2, 0.25) is 0 Å². The summed E-state index contributed by atoms with van der Waals surface area (Å²) in [6.45, 7) is 6.34. The third kappa shape index (κ3) is 49.3. The molecule has 480 valence electrons. The molecule has 23 heteroatoms. The van der Waals surface area contributed by atoms with Gasteiger partial charge in [-0.15, -0.1) is 0 Å². The van der Waals surface area contributed by atoms with Gasteiger partial charge in [0.25, 0.3) is 0 Å². The molecule has 0 rings (SSSR count). The van der Waals surface area contributed by atoms with E-state index in [4.69, 9.17) is 40.1 Å². The highest BCUT2D eigenvalue weighted by Crippen LogP contribution is 2.15. The summed E-state index contributed by atoms with van der Waals surface area (Å²) < 4.78 is 0. The maximum Gasteiger partial charge on any atom is 0.243 e. The first-order chi connectivity index (χ1) is 40.0. The van der Waals surface area contributed by atoms with Gasteiger partial charge in [0.15, 0.2) is 17.9 Å². The largest absolute Gasteiger partial charge is 0.370 e. The molecule has 83 heavy (non-hydrogen) atoms. The number of guanidine groups is 3. The summed E-state index contributed by atoms with van der Waals surface area (Å²) >= 11 is 0. The summed E-state index contributed by atoms with van der Waals surface area (Å²) in [7, 11) is 0. The zero-order valence-electron chi connectivity index (χ0n) is 51.7. The monoisotopic (exact) mass is 1170 g/mol. The molecule has 0 spiro atoms. The Morgan fingerprint density at radius 1 is 0.349 bits per heavy atom. The lowest BCUT2D eigenvalue weighted by Crippen LogP contribution is -2.56. The summed E-state index contributed by atoms with van der Waals surface area (Å²) in [6.07, 6.45) is 34.4. The van der Waals surface area contributed by atoms with E-state index in [0.29, 0.717) is 58.3 Å². The third-order valence-corrected chi connectivity index (χ3v) is 14.6. The molecule has 0 heterocycles. The SMILES string of the molecule is CCCCCCCCCCCCCCCC(=O)NCCCN(CCCNC(=O)CCCCCCCCCCCCCCC)C(=O)CCC(=O)N[C@@H](CCCN=C(N)N)C(=O)N[C@@H](CCCN=C(N)N)C(=O)N[C@@H](CCCN=C(N)N)C(N)=O. The second kappa shape index (κ2) is 54.1. The zero-order valence-corrected chi connectivity index (χ0v) is 51.7. The van der Waals surface area contributed by atoms with Gasteiger partial charge in [-0.3, -0.25) is 48.5 Å². The number of rotatable bonds is 57. The minimum atomic E-state index is -1.21. The van der Waals surface area contributed by atoms with Crippen LogP contribution >= 0.6 is 0 Å². The van der Waals surface area contributed by atoms with Crippen LogP contribution in [0.3, 0.4) is 0 Å². The van der Waals surface area contributed by atoms with Gasteiger partial charge in [0.05, 0.1) is 0 Å². The third-order valence-electron chi connectivity index (χ3n) is 14.6. The van der Waals surface area contributed by atoms with Crippen molar-refractivity contribution >= 4 is 59.2 Å². The maximum atomic E-state index is 14.0. The number of nitrogens with two attached hydrogens (primary N) is 7. The predicted octanol–water partition coefficient (Wildman–Crippen LogP) is 5.67. The van der Waals surface area contributed by atoms with Gasteiger partial charge in [-0.25, -0.2) is 0 Å². The van der Waals surface area contributed by atoms with Crippen molar-refractivity contribution in [3.63, 3.8) is 0 Å². The van der Waals surface area contributed by atoms with Crippen molar-refractivity contribution in [2.24, 2.45) is 55.1 Å². The molecule has 19 N–H and O–H groups in total. The summed E-state index contributed by atoms with van der Waals surface area (Å²) in [4.78, 5) is 107. The van der Waals surface area contributed by atoms with Crippen molar-refractivity contribution in [2.75, 3.05) is 45.8 Å². The van der Waals surface area contributed by atoms with Crippen molar-refractivity contribution in [3.8, 4) is 0 Å². The molecule has 0 aliphatic rings. The molecular weight excluding hydrogens is 1060 g/mol. The lowest BCUT2D eigenvalue weighted by molar-refractivity contribution is -0.135. The quantitative estimate of drug-likeness (QED) is 0.0199. The van der Waals surface area contributed by atoms with Gasteiger partial charge in [-0.1, -0.05) is 168 Å². The number of primary amides is 1. The van der Waals surface area contributed by atoms with Crippen LogP contribution in [0.15, 0.2) is 15.0 Å². The standard InChI is InChI=1S/C60H118N16O7/c1-3-5-7-9-11-13-15-17-19-21-23-25-27-37-51(77)68-44-32-46-76(47-33-45-69-52(78)38-28-26-24-22-20-18-16-14-12-10-8-6-4-2)54(80)40-39-53(79)73-49(35-30-42-71-59(64)65)56(82)75-50(36-31-43-72-60(66)67)57(83)74-48(55(61)81)34-29-41-70-58(62)63/h48-50H,3-47H2,1-2H3,(H2,61,81)(H,68,77)(H,69,78)(H,73,79)(H,74,83)(H,75,82)(H4,62,63,70)(H4,64,65,71)(H4,66,67,72)/t48-,49-,50-/m0/s1. The Bertz CT molecular complexity index is 1780. The molecule has 0 aliphatic carbocycles. The summed E-state index contributed by atoms with van der Waals surface area (Å²) in [5.41, 5.74) is 38.5. The first kappa shape index (κ1) is 77.1. The summed E-state index contributed by atoms with van der Waals surface area (Å²) in [5, 5.41) is 14.0. The number of nitrogens with one attached hydrogen (secondary N) is 5. The molecule has 0 bridgehead atoms. The van der Waals surface area contributed by atoms with Gasteiger partial charge >= 0.3 is 0 Å². The summed E-state index contributed by atoms with van der Waals surface area (Å²) in [6, 6.07) is -3.51. The van der Waals surface area contributed by atoms with Crippen molar-refractivity contribution in [1.29, 1.82) is 0 Å². The molecule has 0 fully saturated rings. The Labute approximate surface area is 499 Å². The highest BCUT2D eigenvalue weighted by atomic mass is 16.2. The van der Waals surface area contributed by atoms with E-state index >= 15 is 0 Å². The molecule has 0 unspecified atom stereocenters. The fourth-order valence-corrected chi connectivity index (χ4v) is 9.66. The van der Waals surface area contributed by atoms with Crippen molar-refractivity contribution in [2.45, 2.75) is 276 Å². The van der Waals surface area contributed by atoms with Gasteiger partial charge in [-0.2, -0.15) is 0 Å². The molecule has 7 amide bonds. The normalized spacial score (nSPS) is 12.0. The number of unbranched alkanes of at least 4 members (excludes halogenated alkanes) is 24. The topological polar surface area (TPSA) is 402 Å². The lowest BCUT2D eigenvalue weighted by atomic mass is 10.0. The van der Waals surface area contributed by atoms with Crippen LogP contribution in [0, 0.1) is 0 Å². The number of carbonyl (C=O) groups excluding carboxylic acids is 7. The van der Waals surface area contributed by atoms with Crippen LogP contribution in [0.5, 0.6) is 0 Å². The molecule has 0 aliphatic heterocycles. The number of hydrogen-bond donors (Lipinski definition) is 12. The molecule has 0 aromatic carbocycles. The number of carbonyl (C=O) groups is 7. The van der Waals surface area contributed by atoms with Crippen molar-refractivity contribution in [1.82, 2.24) is 31.5 Å². The maximum absolute atomic E-state index is 14.0. The minimum Gasteiger partial charge on any atom is -0.370 e. The highest BCUT2D eigenvalue weighted by molar-refractivity contribution is 5.94. The Morgan fingerprint density at radius 3 is 1.00 bits per heavy atom. The van der Waals surface area contributed by atoms with E-state index in [2.05, 4.69) is 55.4 Å². The van der Waals surface area contributed by atoms with Crippen LogP contribution < -0.4 is 66.7 Å². The number of amides is 7. The first-order valence-corrected chi connectivity index (χ1v) is 32.2. The Kier molecular flexibility index (Phi) is 50.2. The van der Waals surface area contributed by atoms with E-state index in [9.17, 15) is 33.6 Å². The number of nitrogens with zero attached hydrogens (tertiary/aromatic N) is 4. The predicted molar refractivity (Wildman–Crippen MR) is 336 cm³/mol. The molecule has 0 aromatic rings. The Morgan fingerprint density at radius 2 is 0.663 bits per heavy atom. The van der Waals surface area contributed by atoms with Crippen molar-refractivity contribution < 1.29 is 33.6 Å². The minimum absolute atomic E-state index is 0.0190. The number of aliphatic imine (C=N–C) groups is 3. The molecule has 23 nitrogen and oxygen atoms in total. The average molecular weight is 1180 g/mol. The van der Waals surface area contributed by atoms with Crippen LogP contribution in [0.25, 0.3) is 0 Å². The van der Waals surface area contributed by atoms with Crippen molar-refractivity contribution in [3.05, 3.63) is 0 Å². The van der Waals surface area contributed by atoms with Gasteiger partial charge in [0.1, 0.15) is 18.1 Å².